The molecule has 7 rings (SSSR count). The van der Waals surface area contributed by atoms with Gasteiger partial charge in [0.1, 0.15) is 29.6 Å². The molecular weight excluding hydrogens is 904 g/mol. The molecule has 2 amide bonds. The number of ether oxygens (including phenoxy) is 2. The molecule has 1 aromatic heterocycles. The van der Waals surface area contributed by atoms with Crippen LogP contribution in [-0.2, 0) is 27.2 Å². The van der Waals surface area contributed by atoms with Crippen LogP contribution in [0.2, 0.25) is 0 Å². The molecule has 14 nitrogen and oxygen atoms in total. The van der Waals surface area contributed by atoms with Crippen LogP contribution in [0.4, 0.5) is 41.3 Å². The van der Waals surface area contributed by atoms with Gasteiger partial charge in [0, 0.05) is 79.0 Å². The van der Waals surface area contributed by atoms with Crippen LogP contribution in [0.1, 0.15) is 67.3 Å². The summed E-state index contributed by atoms with van der Waals surface area (Å²) < 4.78 is 110. The van der Waals surface area contributed by atoms with E-state index in [2.05, 4.69) is 27.1 Å². The Morgan fingerprint density at radius 1 is 1.00 bits per heavy atom. The van der Waals surface area contributed by atoms with Crippen LogP contribution in [0.5, 0.6) is 0 Å². The number of carbonyl (C=O) groups is 2. The van der Waals surface area contributed by atoms with E-state index in [1.165, 1.54) is 12.8 Å². The van der Waals surface area contributed by atoms with Crippen LogP contribution in [0.15, 0.2) is 67.0 Å². The fraction of sp³-hybridized carbons (Fsp3) is 0.489. The van der Waals surface area contributed by atoms with Crippen LogP contribution in [-0.4, -0.2) is 126 Å². The summed E-state index contributed by atoms with van der Waals surface area (Å²) >= 11 is 0. The Bertz CT molecular complexity index is 2330. The zero-order valence-corrected chi connectivity index (χ0v) is 37.3. The van der Waals surface area contributed by atoms with Gasteiger partial charge in [0.25, 0.3) is 5.91 Å². The largest absolute Gasteiger partial charge is 0.446 e. The van der Waals surface area contributed by atoms with Crippen molar-refractivity contribution in [2.45, 2.75) is 108 Å². The molecular formula is C47H54F7N9O5. The van der Waals surface area contributed by atoms with Crippen molar-refractivity contribution in [2.24, 2.45) is 11.1 Å². The smallest absolute Gasteiger partial charge is 0.408 e. The fourth-order valence-electron chi connectivity index (χ4n) is 8.40. The number of nitrogens with one attached hydrogen (secondary N) is 4. The zero-order chi connectivity index (χ0) is 48.9. The maximum atomic E-state index is 15.6. The van der Waals surface area contributed by atoms with Gasteiger partial charge < -0.3 is 41.3 Å². The Morgan fingerprint density at radius 2 is 1.63 bits per heavy atom. The van der Waals surface area contributed by atoms with Crippen LogP contribution in [0.25, 0.3) is 0 Å². The molecule has 68 heavy (non-hydrogen) atoms. The topological polar surface area (TPSA) is 181 Å². The molecule has 1 saturated carbocycles. The van der Waals surface area contributed by atoms with Crippen LogP contribution < -0.4 is 26.7 Å². The third kappa shape index (κ3) is 12.5. The molecule has 3 aromatic rings. The van der Waals surface area contributed by atoms with Gasteiger partial charge in [0.15, 0.2) is 0 Å². The first-order chi connectivity index (χ1) is 32.2. The summed E-state index contributed by atoms with van der Waals surface area (Å²) in [6.45, 7) is 0.265. The number of aliphatic hydroxyl groups is 1. The second-order valence-electron chi connectivity index (χ2n) is 18.1. The lowest BCUT2D eigenvalue weighted by molar-refractivity contribution is -0.221. The average Bonchev–Trinajstić information content (AvgIpc) is 4.05. The molecule has 2 unspecified atom stereocenters. The summed E-state index contributed by atoms with van der Waals surface area (Å²) in [5.74, 6) is 3.14. The van der Waals surface area contributed by atoms with Crippen LogP contribution in [0, 0.1) is 34.3 Å². The van der Waals surface area contributed by atoms with Crippen molar-refractivity contribution in [3.63, 3.8) is 0 Å². The molecule has 366 valence electrons. The van der Waals surface area contributed by atoms with Crippen molar-refractivity contribution < 1.29 is 54.9 Å². The van der Waals surface area contributed by atoms with Gasteiger partial charge in [-0.2, -0.15) is 22.0 Å². The molecule has 0 radical (unpaired) electrons. The number of nitrogens with zero attached hydrogens (tertiary/aromatic N) is 4. The number of piperazine rings is 1. The first kappa shape index (κ1) is 50.1. The van der Waals surface area contributed by atoms with Crippen LogP contribution >= 0.6 is 0 Å². The number of allylic oxidation sites excluding steroid dienone is 1. The van der Waals surface area contributed by atoms with Gasteiger partial charge in [-0.05, 0) is 94.0 Å². The second-order valence-corrected chi connectivity index (χ2v) is 18.1. The van der Waals surface area contributed by atoms with Crippen molar-refractivity contribution in [3.8, 4) is 11.8 Å². The van der Waals surface area contributed by atoms with E-state index in [4.69, 9.17) is 25.6 Å². The summed E-state index contributed by atoms with van der Waals surface area (Å²) in [6.07, 6.45) is -1.80. The standard InChI is InChI=1S/C47H54F7N9O5/c1-46(2,47(52,53)54)42(59-45(66)68-34-12-13-34)43(65)60-62(23-35-36(48)18-30(19-37(35)49)38(55)15-16-57-44(50)51)24-40(64)39(56)17-28-6-3-27(4-7-28)5-8-29-9-14-41(58-20-29)61-21-31-10-11-32(22-61)63(31)33-25-67-26-33/h3-4,6-7,9,14-16,18-20,31-34,39-40,42,44,55,57,64H,10-13,17,21-26,56H2,1-2H3,(H,59,66)(H,60,65)/b16-15-,55-38?/t31?,32?,39-,40-,42+/m0/s1. The third-order valence-electron chi connectivity index (χ3n) is 12.6. The molecule has 4 fully saturated rings. The van der Waals surface area contributed by atoms with E-state index in [0.29, 0.717) is 62.1 Å². The maximum absolute atomic E-state index is 15.6. The van der Waals surface area contributed by atoms with Gasteiger partial charge in [0.2, 0.25) is 0 Å². The number of anilines is 1. The van der Waals surface area contributed by atoms with Gasteiger partial charge in [0.05, 0.1) is 36.5 Å². The molecule has 1 aliphatic carbocycles. The van der Waals surface area contributed by atoms with Crippen molar-refractivity contribution >= 4 is 23.5 Å². The van der Waals surface area contributed by atoms with Gasteiger partial charge in [-0.15, -0.1) is 0 Å². The number of hydrogen-bond donors (Lipinski definition) is 6. The predicted molar refractivity (Wildman–Crippen MR) is 236 cm³/mol. The number of amides is 2. The van der Waals surface area contributed by atoms with Crippen molar-refractivity contribution in [3.05, 3.63) is 106 Å². The van der Waals surface area contributed by atoms with Gasteiger partial charge in [-0.25, -0.2) is 23.6 Å². The molecule has 2 bridgehead atoms. The Morgan fingerprint density at radius 3 is 2.19 bits per heavy atom. The highest BCUT2D eigenvalue weighted by atomic mass is 19.4. The molecule has 3 aliphatic heterocycles. The highest BCUT2D eigenvalue weighted by molar-refractivity contribution is 6.06. The number of hydrazine groups is 1. The first-order valence-electron chi connectivity index (χ1n) is 22.2. The molecule has 4 aliphatic rings. The van der Waals surface area contributed by atoms with E-state index >= 15 is 8.78 Å². The summed E-state index contributed by atoms with van der Waals surface area (Å²) in [7, 11) is 0. The van der Waals surface area contributed by atoms with Crippen molar-refractivity contribution in [1.82, 2.24) is 31.0 Å². The van der Waals surface area contributed by atoms with E-state index in [0.717, 1.165) is 60.9 Å². The molecule has 4 heterocycles. The van der Waals surface area contributed by atoms with Crippen molar-refractivity contribution in [2.75, 3.05) is 37.7 Å². The maximum Gasteiger partial charge on any atom is 0.408 e. The third-order valence-corrected chi connectivity index (χ3v) is 12.6. The number of alkyl halides is 5. The number of halogens is 7. The van der Waals surface area contributed by atoms with Gasteiger partial charge >= 0.3 is 18.8 Å². The average molecular weight is 958 g/mol. The molecule has 2 aromatic carbocycles. The minimum Gasteiger partial charge on any atom is -0.446 e. The molecule has 0 spiro atoms. The number of pyridine rings is 1. The zero-order valence-electron chi connectivity index (χ0n) is 37.3. The normalized spacial score (nSPS) is 20.1. The number of aromatic nitrogens is 1. The highest BCUT2D eigenvalue weighted by Crippen LogP contribution is 2.41. The fourth-order valence-corrected chi connectivity index (χ4v) is 8.40. The Hall–Kier alpha value is -5.79. The lowest BCUT2D eigenvalue weighted by atomic mass is 9.83. The highest BCUT2D eigenvalue weighted by Gasteiger charge is 2.56. The summed E-state index contributed by atoms with van der Waals surface area (Å²) in [5, 5.41) is 23.7. The number of fused-ring (bicyclic) bond motifs is 2. The Balaban J connectivity index is 1.01. The minimum absolute atomic E-state index is 0.0399. The SMILES string of the molecule is CC(C)([C@H](NC(=O)OC1CC1)C(=O)NN(Cc1c(F)cc(C(=N)/C=C\NC(F)F)cc1F)C[C@H](O)[C@@H](N)Cc1ccc(C#Cc2ccc(N3CC4CCC(C3)N4C3COC3)nc2)cc1)C(F)(F)F. The Kier molecular flexibility index (Phi) is 15.6. The predicted octanol–water partition coefficient (Wildman–Crippen LogP) is 5.11. The number of alkyl carbamates (subject to hydrolysis) is 1. The lowest BCUT2D eigenvalue weighted by Gasteiger charge is -2.47. The van der Waals surface area contributed by atoms with Crippen molar-refractivity contribution in [1.29, 1.82) is 5.41 Å². The summed E-state index contributed by atoms with van der Waals surface area (Å²) in [4.78, 5) is 36.0. The molecule has 7 N–H and O–H groups in total. The monoisotopic (exact) mass is 957 g/mol. The number of carbonyl (C=O) groups excluding carboxylic acids is 2. The quantitative estimate of drug-likeness (QED) is 0.0328. The van der Waals surface area contributed by atoms with E-state index in [1.807, 2.05) is 17.4 Å². The number of hydrogen-bond acceptors (Lipinski definition) is 12. The van der Waals surface area contributed by atoms with E-state index < -0.39 is 90.4 Å². The van der Waals surface area contributed by atoms with E-state index in [1.54, 1.807) is 35.8 Å². The molecule has 5 atom stereocenters. The number of benzene rings is 2. The van der Waals surface area contributed by atoms with Gasteiger partial charge in [-0.1, -0.05) is 24.0 Å². The summed E-state index contributed by atoms with van der Waals surface area (Å²) in [5.41, 5.74) is 6.07. The lowest BCUT2D eigenvalue weighted by Crippen LogP contribution is -2.62. The van der Waals surface area contributed by atoms with Gasteiger partial charge in [-0.3, -0.25) is 15.1 Å². The number of rotatable bonds is 18. The van der Waals surface area contributed by atoms with Crippen LogP contribution in [0.3, 0.4) is 0 Å². The minimum atomic E-state index is -5.06. The second kappa shape index (κ2) is 21.2. The Labute approximate surface area is 388 Å². The summed E-state index contributed by atoms with van der Waals surface area (Å²) in [6, 6.07) is 10.4. The number of nitrogens with two attached hydrogens (primary N) is 1. The first-order valence-corrected chi connectivity index (χ1v) is 22.2. The van der Waals surface area contributed by atoms with E-state index in [-0.39, 0.29) is 12.0 Å². The van der Waals surface area contributed by atoms with E-state index in [9.17, 15) is 36.6 Å². The molecule has 3 saturated heterocycles. The molecule has 21 heteroatoms. The number of aliphatic hydroxyl groups excluding tert-OH is 1.